The van der Waals surface area contributed by atoms with Crippen molar-refractivity contribution in [2.45, 2.75) is 45.4 Å². The number of hydrogen-bond acceptors (Lipinski definition) is 5. The number of rotatable bonds is 4. The Morgan fingerprint density at radius 2 is 2.12 bits per heavy atom. The van der Waals surface area contributed by atoms with Crippen molar-refractivity contribution in [1.29, 1.82) is 0 Å². The number of carbonyl (C=O) groups excluding carboxylic acids is 1. The van der Waals surface area contributed by atoms with Gasteiger partial charge in [0.1, 0.15) is 0 Å². The summed E-state index contributed by atoms with van der Waals surface area (Å²) in [5.74, 6) is 0.625. The number of thiophene rings is 2. The predicted octanol–water partition coefficient (Wildman–Crippen LogP) is 4.69. The number of hydrazone groups is 1. The fourth-order valence-corrected chi connectivity index (χ4v) is 5.75. The van der Waals surface area contributed by atoms with E-state index in [0.717, 1.165) is 41.6 Å². The summed E-state index contributed by atoms with van der Waals surface area (Å²) >= 11 is 3.36. The van der Waals surface area contributed by atoms with Crippen LogP contribution >= 0.6 is 22.7 Å². The first kappa shape index (κ1) is 17.7. The molecule has 1 aliphatic carbocycles. The van der Waals surface area contributed by atoms with E-state index in [9.17, 15) is 4.79 Å². The van der Waals surface area contributed by atoms with E-state index in [1.165, 1.54) is 41.1 Å². The molecule has 1 saturated heterocycles. The van der Waals surface area contributed by atoms with Gasteiger partial charge in [-0.25, -0.2) is 5.43 Å². The highest BCUT2D eigenvalue weighted by Crippen LogP contribution is 2.32. The van der Waals surface area contributed by atoms with E-state index in [1.54, 1.807) is 28.9 Å². The third-order valence-electron chi connectivity index (χ3n) is 5.19. The third-order valence-corrected chi connectivity index (χ3v) is 7.51. The molecule has 2 aromatic rings. The number of amides is 1. The van der Waals surface area contributed by atoms with Crippen LogP contribution in [0.2, 0.25) is 0 Å². The molecule has 0 aromatic carbocycles. The first-order valence-corrected chi connectivity index (χ1v) is 11.1. The molecule has 0 radical (unpaired) electrons. The highest BCUT2D eigenvalue weighted by Gasteiger charge is 2.20. The van der Waals surface area contributed by atoms with Gasteiger partial charge in [-0.2, -0.15) is 5.10 Å². The Hall–Kier alpha value is -1.66. The molecule has 1 amide bonds. The summed E-state index contributed by atoms with van der Waals surface area (Å²) < 4.78 is 0. The molecule has 1 fully saturated rings. The summed E-state index contributed by atoms with van der Waals surface area (Å²) in [7, 11) is 0. The van der Waals surface area contributed by atoms with E-state index in [0.29, 0.717) is 0 Å². The van der Waals surface area contributed by atoms with E-state index in [-0.39, 0.29) is 5.91 Å². The molecule has 4 rings (SSSR count). The number of fused-ring (bicyclic) bond motifs is 1. The number of piperidine rings is 1. The van der Waals surface area contributed by atoms with Crippen LogP contribution in [0.25, 0.3) is 0 Å². The maximum absolute atomic E-state index is 12.4. The normalized spacial score (nSPS) is 20.3. The zero-order valence-corrected chi connectivity index (χ0v) is 16.8. The fourth-order valence-electron chi connectivity index (χ4n) is 3.72. The average molecular weight is 388 g/mol. The van der Waals surface area contributed by atoms with E-state index < -0.39 is 0 Å². The standard InChI is InChI=1S/C20H25N3OS2/c1-14-5-7-17-15(11-14)12-18(26-17)20(24)22-21-13-16-6-8-19(25-16)23-9-3-2-4-10-23/h6,8,12-14H,2-5,7,9-11H2,1H3,(H,22,24)/b21-13-/t14-/m1/s1. The Bertz CT molecular complexity index is 802. The molecule has 0 spiro atoms. The van der Waals surface area contributed by atoms with E-state index >= 15 is 0 Å². The lowest BCUT2D eigenvalue weighted by Gasteiger charge is -2.27. The first-order chi connectivity index (χ1) is 12.7. The predicted molar refractivity (Wildman–Crippen MR) is 111 cm³/mol. The number of aryl methyl sites for hydroxylation is 1. The Kier molecular flexibility index (Phi) is 5.41. The lowest BCUT2D eigenvalue weighted by atomic mass is 9.90. The Morgan fingerprint density at radius 1 is 1.27 bits per heavy atom. The zero-order chi connectivity index (χ0) is 17.9. The minimum atomic E-state index is -0.0962. The van der Waals surface area contributed by atoms with Crippen molar-refractivity contribution in [1.82, 2.24) is 5.43 Å². The van der Waals surface area contributed by atoms with Gasteiger partial charge in [0.15, 0.2) is 0 Å². The van der Waals surface area contributed by atoms with Crippen LogP contribution in [0.15, 0.2) is 23.3 Å². The second-order valence-electron chi connectivity index (χ2n) is 7.33. The third kappa shape index (κ3) is 4.01. The SMILES string of the molecule is C[C@@H]1CCc2sc(C(=O)N/N=C\c3ccc(N4CCCCC4)s3)cc2C1. The number of nitrogens with zero attached hydrogens (tertiary/aromatic N) is 2. The minimum Gasteiger partial charge on any atom is -0.363 e. The molecule has 0 saturated carbocycles. The molecule has 1 atom stereocenters. The van der Waals surface area contributed by atoms with Crippen molar-refractivity contribution in [3.63, 3.8) is 0 Å². The van der Waals surface area contributed by atoms with Gasteiger partial charge in [-0.05, 0) is 68.2 Å². The topological polar surface area (TPSA) is 44.7 Å². The largest absolute Gasteiger partial charge is 0.363 e. The van der Waals surface area contributed by atoms with Crippen LogP contribution < -0.4 is 10.3 Å². The lowest BCUT2D eigenvalue weighted by molar-refractivity contribution is 0.0959. The Morgan fingerprint density at radius 3 is 2.96 bits per heavy atom. The van der Waals surface area contributed by atoms with E-state index in [2.05, 4.69) is 40.5 Å². The molecule has 0 unspecified atom stereocenters. The second-order valence-corrected chi connectivity index (χ2v) is 9.56. The van der Waals surface area contributed by atoms with Crippen molar-refractivity contribution in [2.75, 3.05) is 18.0 Å². The van der Waals surface area contributed by atoms with Gasteiger partial charge < -0.3 is 4.90 Å². The summed E-state index contributed by atoms with van der Waals surface area (Å²) in [6.45, 7) is 4.58. The molecule has 0 bridgehead atoms. The lowest BCUT2D eigenvalue weighted by Crippen LogP contribution is -2.28. The summed E-state index contributed by atoms with van der Waals surface area (Å²) in [5.41, 5.74) is 4.04. The van der Waals surface area contributed by atoms with Gasteiger partial charge in [-0.15, -0.1) is 22.7 Å². The average Bonchev–Trinajstić information content (AvgIpc) is 3.29. The van der Waals surface area contributed by atoms with E-state index in [1.807, 2.05) is 0 Å². The van der Waals surface area contributed by atoms with Crippen molar-refractivity contribution < 1.29 is 4.79 Å². The summed E-state index contributed by atoms with van der Waals surface area (Å²) in [5, 5.41) is 5.47. The van der Waals surface area contributed by atoms with Crippen LogP contribution in [0.3, 0.4) is 0 Å². The number of nitrogens with one attached hydrogen (secondary N) is 1. The molecular formula is C20H25N3OS2. The molecule has 4 nitrogen and oxygen atoms in total. The van der Waals surface area contributed by atoms with Crippen molar-refractivity contribution in [2.24, 2.45) is 11.0 Å². The smallest absolute Gasteiger partial charge is 0.281 e. The molecule has 26 heavy (non-hydrogen) atoms. The fraction of sp³-hybridized carbons (Fsp3) is 0.500. The molecule has 2 aromatic heterocycles. The number of hydrogen-bond donors (Lipinski definition) is 1. The van der Waals surface area contributed by atoms with Crippen molar-refractivity contribution >= 4 is 39.8 Å². The van der Waals surface area contributed by atoms with Gasteiger partial charge in [0, 0.05) is 22.8 Å². The van der Waals surface area contributed by atoms with Crippen LogP contribution in [0, 0.1) is 5.92 Å². The molecular weight excluding hydrogens is 362 g/mol. The Balaban J connectivity index is 1.35. The second kappa shape index (κ2) is 7.92. The van der Waals surface area contributed by atoms with Gasteiger partial charge in [-0.3, -0.25) is 4.79 Å². The van der Waals surface area contributed by atoms with Gasteiger partial charge in [0.25, 0.3) is 5.91 Å². The number of carbonyl (C=O) groups is 1. The van der Waals surface area contributed by atoms with Gasteiger partial charge in [-0.1, -0.05) is 6.92 Å². The first-order valence-electron chi connectivity index (χ1n) is 9.49. The quantitative estimate of drug-likeness (QED) is 0.611. The van der Waals surface area contributed by atoms with Crippen molar-refractivity contribution in [3.05, 3.63) is 38.4 Å². The molecule has 1 N–H and O–H groups in total. The van der Waals surface area contributed by atoms with Gasteiger partial charge >= 0.3 is 0 Å². The monoisotopic (exact) mass is 387 g/mol. The van der Waals surface area contributed by atoms with Crippen LogP contribution in [0.4, 0.5) is 5.00 Å². The Labute approximate surface area is 162 Å². The van der Waals surface area contributed by atoms with Crippen molar-refractivity contribution in [3.8, 4) is 0 Å². The van der Waals surface area contributed by atoms with Crippen LogP contribution in [-0.4, -0.2) is 25.2 Å². The van der Waals surface area contributed by atoms with Crippen LogP contribution in [-0.2, 0) is 12.8 Å². The van der Waals surface area contributed by atoms with Crippen LogP contribution in [0.1, 0.15) is 57.6 Å². The molecule has 138 valence electrons. The maximum Gasteiger partial charge on any atom is 0.281 e. The molecule has 3 heterocycles. The van der Waals surface area contributed by atoms with Crippen LogP contribution in [0.5, 0.6) is 0 Å². The highest BCUT2D eigenvalue weighted by atomic mass is 32.1. The summed E-state index contributed by atoms with van der Waals surface area (Å²) in [4.78, 5) is 18.0. The number of anilines is 1. The molecule has 1 aliphatic heterocycles. The zero-order valence-electron chi connectivity index (χ0n) is 15.2. The molecule has 6 heteroatoms. The van der Waals surface area contributed by atoms with Gasteiger partial charge in [0.2, 0.25) is 0 Å². The molecule has 2 aliphatic rings. The summed E-state index contributed by atoms with van der Waals surface area (Å²) in [6, 6.07) is 6.29. The maximum atomic E-state index is 12.4. The van der Waals surface area contributed by atoms with Gasteiger partial charge in [0.05, 0.1) is 16.1 Å². The summed E-state index contributed by atoms with van der Waals surface area (Å²) in [6.07, 6.45) is 9.08. The van der Waals surface area contributed by atoms with E-state index in [4.69, 9.17) is 0 Å². The highest BCUT2D eigenvalue weighted by molar-refractivity contribution is 7.17. The minimum absolute atomic E-state index is 0.0962.